The molecule has 0 aromatic carbocycles. The van der Waals surface area contributed by atoms with Crippen molar-refractivity contribution < 1.29 is 9.59 Å². The summed E-state index contributed by atoms with van der Waals surface area (Å²) in [5.74, 6) is 0.778. The molecule has 3 heterocycles. The minimum absolute atomic E-state index is 0.218. The van der Waals surface area contributed by atoms with Gasteiger partial charge in [-0.3, -0.25) is 14.9 Å². The second-order valence-electron chi connectivity index (χ2n) is 5.90. The van der Waals surface area contributed by atoms with Crippen molar-refractivity contribution in [2.24, 2.45) is 7.05 Å². The molecule has 2 aromatic heterocycles. The second-order valence-corrected chi connectivity index (χ2v) is 5.90. The summed E-state index contributed by atoms with van der Waals surface area (Å²) < 4.78 is 2.02. The first-order valence-electron chi connectivity index (χ1n) is 7.38. The number of rotatable bonds is 3. The summed E-state index contributed by atoms with van der Waals surface area (Å²) in [5.41, 5.74) is 2.36. The summed E-state index contributed by atoms with van der Waals surface area (Å²) in [7, 11) is 1.96. The van der Waals surface area contributed by atoms with E-state index in [0.29, 0.717) is 24.4 Å². The third kappa shape index (κ3) is 2.54. The van der Waals surface area contributed by atoms with Crippen LogP contribution in [0.1, 0.15) is 38.4 Å². The molecule has 7 nitrogen and oxygen atoms in total. The summed E-state index contributed by atoms with van der Waals surface area (Å²) in [6.45, 7) is 4.17. The molecule has 116 valence electrons. The van der Waals surface area contributed by atoms with E-state index in [4.69, 9.17) is 0 Å². The first kappa shape index (κ1) is 14.5. The van der Waals surface area contributed by atoms with E-state index in [1.54, 1.807) is 6.20 Å². The van der Waals surface area contributed by atoms with Gasteiger partial charge in [-0.1, -0.05) is 13.8 Å². The third-order valence-electron chi connectivity index (χ3n) is 3.87. The van der Waals surface area contributed by atoms with E-state index in [0.717, 1.165) is 17.0 Å². The van der Waals surface area contributed by atoms with Crippen LogP contribution in [-0.4, -0.2) is 32.4 Å². The molecular formula is C15H19N5O2. The highest BCUT2D eigenvalue weighted by Gasteiger charge is 2.26. The highest BCUT2D eigenvalue weighted by atomic mass is 16.2. The van der Waals surface area contributed by atoms with Gasteiger partial charge in [0, 0.05) is 19.4 Å². The van der Waals surface area contributed by atoms with E-state index in [2.05, 4.69) is 34.4 Å². The summed E-state index contributed by atoms with van der Waals surface area (Å²) in [6, 6.07) is 1.53. The molecule has 1 saturated heterocycles. The quantitative estimate of drug-likeness (QED) is 0.834. The third-order valence-corrected chi connectivity index (χ3v) is 3.87. The number of nitrogens with one attached hydrogen (secondary N) is 2. The molecule has 1 aliphatic heterocycles. The Labute approximate surface area is 128 Å². The van der Waals surface area contributed by atoms with Crippen LogP contribution in [0.15, 0.2) is 12.3 Å². The number of imidazole rings is 1. The number of imide groups is 1. The van der Waals surface area contributed by atoms with Gasteiger partial charge in [-0.15, -0.1) is 0 Å². The minimum atomic E-state index is -0.408. The highest BCUT2D eigenvalue weighted by molar-refractivity contribution is 6.01. The van der Waals surface area contributed by atoms with Gasteiger partial charge < -0.3 is 9.88 Å². The van der Waals surface area contributed by atoms with Gasteiger partial charge in [0.1, 0.15) is 11.9 Å². The average Bonchev–Trinajstić information content (AvgIpc) is 2.79. The van der Waals surface area contributed by atoms with Crippen LogP contribution in [0.25, 0.3) is 11.2 Å². The molecule has 7 heteroatoms. The first-order chi connectivity index (χ1) is 10.5. The van der Waals surface area contributed by atoms with Crippen LogP contribution >= 0.6 is 0 Å². The number of aryl methyl sites for hydroxylation is 1. The molecule has 0 bridgehead atoms. The van der Waals surface area contributed by atoms with Gasteiger partial charge in [0.15, 0.2) is 5.65 Å². The second kappa shape index (κ2) is 5.40. The standard InChI is InChI=1S/C15H19N5O2/c1-8(2)14-19-13-11(20(14)3)6-9(7-16-13)17-10-4-5-12(21)18-15(10)22/h6-8,10,17H,4-5H2,1-3H3,(H,18,21,22). The Bertz CT molecular complexity index is 750. The topological polar surface area (TPSA) is 88.9 Å². The van der Waals surface area contributed by atoms with Crippen LogP contribution < -0.4 is 10.6 Å². The monoisotopic (exact) mass is 301 g/mol. The molecule has 2 N–H and O–H groups in total. The minimum Gasteiger partial charge on any atom is -0.372 e. The molecule has 0 saturated carbocycles. The van der Waals surface area contributed by atoms with E-state index in [1.165, 1.54) is 0 Å². The summed E-state index contributed by atoms with van der Waals surface area (Å²) in [5, 5.41) is 5.48. The lowest BCUT2D eigenvalue weighted by molar-refractivity contribution is -0.133. The van der Waals surface area contributed by atoms with Crippen LogP contribution in [0, 0.1) is 0 Å². The Morgan fingerprint density at radius 1 is 1.41 bits per heavy atom. The van der Waals surface area contributed by atoms with E-state index in [1.807, 2.05) is 17.7 Å². The molecule has 2 aromatic rings. The van der Waals surface area contributed by atoms with Crippen LogP contribution in [-0.2, 0) is 16.6 Å². The van der Waals surface area contributed by atoms with Crippen molar-refractivity contribution in [1.82, 2.24) is 19.9 Å². The maximum atomic E-state index is 11.8. The van der Waals surface area contributed by atoms with Crippen molar-refractivity contribution in [3.63, 3.8) is 0 Å². The van der Waals surface area contributed by atoms with Crippen LogP contribution in [0.2, 0.25) is 0 Å². The number of nitrogens with zero attached hydrogens (tertiary/aromatic N) is 3. The lowest BCUT2D eigenvalue weighted by Crippen LogP contribution is -2.47. The highest BCUT2D eigenvalue weighted by Crippen LogP contribution is 2.22. The maximum absolute atomic E-state index is 11.8. The van der Waals surface area contributed by atoms with E-state index < -0.39 is 6.04 Å². The van der Waals surface area contributed by atoms with Gasteiger partial charge in [0.05, 0.1) is 17.4 Å². The molecular weight excluding hydrogens is 282 g/mol. The number of hydrogen-bond donors (Lipinski definition) is 2. The number of carbonyl (C=O) groups excluding carboxylic acids is 2. The zero-order chi connectivity index (χ0) is 15.9. The molecule has 2 amide bonds. The molecule has 0 aliphatic carbocycles. The van der Waals surface area contributed by atoms with Crippen molar-refractivity contribution in [2.45, 2.75) is 38.6 Å². The number of pyridine rings is 1. The average molecular weight is 301 g/mol. The zero-order valence-electron chi connectivity index (χ0n) is 12.9. The Balaban J connectivity index is 1.87. The molecule has 1 unspecified atom stereocenters. The molecule has 22 heavy (non-hydrogen) atoms. The summed E-state index contributed by atoms with van der Waals surface area (Å²) in [4.78, 5) is 31.9. The number of carbonyl (C=O) groups is 2. The van der Waals surface area contributed by atoms with Gasteiger partial charge in [0.25, 0.3) is 0 Å². The van der Waals surface area contributed by atoms with Crippen molar-refractivity contribution in [3.8, 4) is 0 Å². The maximum Gasteiger partial charge on any atom is 0.249 e. The van der Waals surface area contributed by atoms with Crippen molar-refractivity contribution in [2.75, 3.05) is 5.32 Å². The number of anilines is 1. The molecule has 3 rings (SSSR count). The van der Waals surface area contributed by atoms with Gasteiger partial charge in [-0.2, -0.15) is 0 Å². The van der Waals surface area contributed by atoms with Gasteiger partial charge in [0.2, 0.25) is 11.8 Å². The zero-order valence-corrected chi connectivity index (χ0v) is 12.9. The largest absolute Gasteiger partial charge is 0.372 e. The molecule has 1 atom stereocenters. The van der Waals surface area contributed by atoms with Gasteiger partial charge in [-0.05, 0) is 12.5 Å². The predicted molar refractivity (Wildman–Crippen MR) is 82.4 cm³/mol. The Hall–Kier alpha value is -2.44. The van der Waals surface area contributed by atoms with Crippen molar-refractivity contribution in [3.05, 3.63) is 18.1 Å². The first-order valence-corrected chi connectivity index (χ1v) is 7.38. The summed E-state index contributed by atoms with van der Waals surface area (Å²) >= 11 is 0. The molecule has 0 spiro atoms. The molecule has 1 fully saturated rings. The fourth-order valence-corrected chi connectivity index (χ4v) is 2.71. The fourth-order valence-electron chi connectivity index (χ4n) is 2.71. The molecule has 1 aliphatic rings. The predicted octanol–water partition coefficient (Wildman–Crippen LogP) is 1.31. The SMILES string of the molecule is CC(C)c1nc2ncc(NC3CCC(=O)NC3=O)cc2n1C. The Kier molecular flexibility index (Phi) is 3.56. The lowest BCUT2D eigenvalue weighted by atomic mass is 10.1. The fraction of sp³-hybridized carbons (Fsp3) is 0.467. The van der Waals surface area contributed by atoms with Gasteiger partial charge >= 0.3 is 0 Å². The number of amides is 2. The van der Waals surface area contributed by atoms with Crippen LogP contribution in [0.3, 0.4) is 0 Å². The lowest BCUT2D eigenvalue weighted by Gasteiger charge is -2.22. The Morgan fingerprint density at radius 3 is 2.86 bits per heavy atom. The van der Waals surface area contributed by atoms with Crippen LogP contribution in [0.5, 0.6) is 0 Å². The number of piperidine rings is 1. The smallest absolute Gasteiger partial charge is 0.249 e. The van der Waals surface area contributed by atoms with E-state index in [-0.39, 0.29) is 11.8 Å². The number of hydrogen-bond acceptors (Lipinski definition) is 5. The van der Waals surface area contributed by atoms with Crippen LogP contribution in [0.4, 0.5) is 5.69 Å². The normalized spacial score (nSPS) is 18.8. The number of aromatic nitrogens is 3. The molecule has 0 radical (unpaired) electrons. The van der Waals surface area contributed by atoms with E-state index in [9.17, 15) is 9.59 Å². The van der Waals surface area contributed by atoms with Gasteiger partial charge in [-0.25, -0.2) is 9.97 Å². The Morgan fingerprint density at radius 2 is 2.18 bits per heavy atom. The van der Waals surface area contributed by atoms with Crippen molar-refractivity contribution >= 4 is 28.7 Å². The number of fused-ring (bicyclic) bond motifs is 1. The van der Waals surface area contributed by atoms with E-state index >= 15 is 0 Å². The summed E-state index contributed by atoms with van der Waals surface area (Å²) in [6.07, 6.45) is 2.51. The van der Waals surface area contributed by atoms with Crippen molar-refractivity contribution in [1.29, 1.82) is 0 Å².